The van der Waals surface area contributed by atoms with Gasteiger partial charge >= 0.3 is 0 Å². The summed E-state index contributed by atoms with van der Waals surface area (Å²) in [5, 5.41) is 3.82. The summed E-state index contributed by atoms with van der Waals surface area (Å²) < 4.78 is 61.5. The van der Waals surface area contributed by atoms with Gasteiger partial charge in [0.2, 0.25) is 5.88 Å². The first-order chi connectivity index (χ1) is 20.5. The maximum Gasteiger partial charge on any atom is 0.265 e. The number of amides is 1. The minimum Gasteiger partial charge on any atom is -0.493 e. The zero-order valence-corrected chi connectivity index (χ0v) is 25.9. The molecule has 12 heteroatoms. The fraction of sp³-hybridized carbons (Fsp3) is 0.452. The molecule has 2 aromatic carbocycles. The maximum absolute atomic E-state index is 15.8. The quantitative estimate of drug-likeness (QED) is 0.275. The Morgan fingerprint density at radius 1 is 1.09 bits per heavy atom. The second kappa shape index (κ2) is 12.0. The molecule has 5 rings (SSSR count). The van der Waals surface area contributed by atoms with Crippen molar-refractivity contribution in [3.05, 3.63) is 53.0 Å². The minimum absolute atomic E-state index is 0.0179. The minimum atomic E-state index is -4.25. The number of nitrogens with one attached hydrogen (secondary N) is 1. The molecule has 1 aromatic heterocycles. The van der Waals surface area contributed by atoms with Crippen LogP contribution in [0.2, 0.25) is 0 Å². The summed E-state index contributed by atoms with van der Waals surface area (Å²) in [7, 11) is -1.42. The molecule has 1 fully saturated rings. The highest BCUT2D eigenvalue weighted by atomic mass is 32.2. The van der Waals surface area contributed by atoms with Crippen LogP contribution in [-0.4, -0.2) is 50.0 Å². The number of methoxy groups -OCH3 is 2. The molecule has 1 aliphatic carbocycles. The van der Waals surface area contributed by atoms with E-state index < -0.39 is 21.4 Å². The van der Waals surface area contributed by atoms with Crippen molar-refractivity contribution in [3.8, 4) is 22.6 Å². The van der Waals surface area contributed by atoms with E-state index in [1.54, 1.807) is 30.9 Å². The van der Waals surface area contributed by atoms with E-state index in [0.29, 0.717) is 28.8 Å². The largest absolute Gasteiger partial charge is 0.493 e. The first-order valence-corrected chi connectivity index (χ1v) is 15.9. The van der Waals surface area contributed by atoms with E-state index in [2.05, 4.69) is 16.8 Å². The zero-order valence-electron chi connectivity index (χ0n) is 25.1. The van der Waals surface area contributed by atoms with E-state index in [9.17, 15) is 13.2 Å². The second-order valence-corrected chi connectivity index (χ2v) is 12.7. The number of aryl methyl sites for hydroxylation is 1. The highest BCUT2D eigenvalue weighted by molar-refractivity contribution is 7.92. The molecule has 1 amide bonds. The second-order valence-electron chi connectivity index (χ2n) is 11.1. The van der Waals surface area contributed by atoms with Crippen LogP contribution >= 0.6 is 0 Å². The Bertz CT molecular complexity index is 1680. The standard InChI is InChI=1S/C31H37FN4O6S/c1-6-7-10-28-33-31(13-8-9-14-31)30(37)36(28)18-22-12-11-21(15-24(22)32)23-16-25(40-4)26(41-5)17-27(23)43(38,39)35-29-19(2)20(3)34-42-29/h11-12,15-17,35H,6-10,13-14,18H2,1-5H3. The molecule has 43 heavy (non-hydrogen) atoms. The normalized spacial score (nSPS) is 16.2. The number of rotatable bonds is 11. The van der Waals surface area contributed by atoms with Gasteiger partial charge in [0.15, 0.2) is 11.5 Å². The third kappa shape index (κ3) is 5.72. The van der Waals surface area contributed by atoms with Crippen molar-refractivity contribution in [2.24, 2.45) is 4.99 Å². The van der Waals surface area contributed by atoms with Crippen molar-refractivity contribution in [1.82, 2.24) is 10.1 Å². The Kier molecular flexibility index (Phi) is 8.51. The van der Waals surface area contributed by atoms with E-state index in [1.807, 2.05) is 0 Å². The average molecular weight is 613 g/mol. The van der Waals surface area contributed by atoms with Gasteiger partial charge in [-0.15, -0.1) is 0 Å². The molecule has 2 aliphatic rings. The number of ether oxygens (including phenoxy) is 2. The van der Waals surface area contributed by atoms with Gasteiger partial charge < -0.3 is 14.0 Å². The van der Waals surface area contributed by atoms with Crippen molar-refractivity contribution in [3.63, 3.8) is 0 Å². The Morgan fingerprint density at radius 3 is 2.40 bits per heavy atom. The number of hydrogen-bond donors (Lipinski definition) is 1. The Morgan fingerprint density at radius 2 is 1.79 bits per heavy atom. The number of carbonyl (C=O) groups is 1. The van der Waals surface area contributed by atoms with E-state index >= 15 is 4.39 Å². The number of carbonyl (C=O) groups excluding carboxylic acids is 1. The summed E-state index contributed by atoms with van der Waals surface area (Å²) >= 11 is 0. The molecule has 1 saturated carbocycles. The molecule has 1 spiro atoms. The van der Waals surface area contributed by atoms with E-state index in [4.69, 9.17) is 19.0 Å². The Hall–Kier alpha value is -3.93. The van der Waals surface area contributed by atoms with E-state index in [0.717, 1.165) is 44.4 Å². The summed E-state index contributed by atoms with van der Waals surface area (Å²) in [6.07, 6.45) is 5.85. The van der Waals surface area contributed by atoms with Gasteiger partial charge in [-0.05, 0) is 50.8 Å². The molecule has 0 radical (unpaired) electrons. The lowest BCUT2D eigenvalue weighted by Gasteiger charge is -2.23. The van der Waals surface area contributed by atoms with Crippen LogP contribution in [-0.2, 0) is 21.4 Å². The molecule has 0 unspecified atom stereocenters. The third-order valence-electron chi connectivity index (χ3n) is 8.33. The number of aliphatic imine (C=N–C) groups is 1. The van der Waals surface area contributed by atoms with Crippen LogP contribution in [0.3, 0.4) is 0 Å². The van der Waals surface area contributed by atoms with Crippen molar-refractivity contribution >= 4 is 27.7 Å². The lowest BCUT2D eigenvalue weighted by molar-refractivity contribution is -0.131. The zero-order chi connectivity index (χ0) is 30.9. The molecule has 10 nitrogen and oxygen atoms in total. The summed E-state index contributed by atoms with van der Waals surface area (Å²) in [5.41, 5.74) is 1.17. The molecule has 0 saturated heterocycles. The van der Waals surface area contributed by atoms with Gasteiger partial charge in [0.1, 0.15) is 17.2 Å². The SMILES string of the molecule is CCCCC1=NC2(CCCC2)C(=O)N1Cc1ccc(-c2cc(OC)c(OC)cc2S(=O)(=O)Nc2onc(C)c2C)cc1F. The van der Waals surface area contributed by atoms with Crippen molar-refractivity contribution in [1.29, 1.82) is 0 Å². The molecule has 3 aromatic rings. The Balaban J connectivity index is 1.51. The molecule has 0 bridgehead atoms. The molecule has 230 valence electrons. The van der Waals surface area contributed by atoms with Crippen LogP contribution in [0, 0.1) is 19.7 Å². The number of hydrogen-bond acceptors (Lipinski definition) is 8. The van der Waals surface area contributed by atoms with E-state index in [-0.39, 0.29) is 40.3 Å². The van der Waals surface area contributed by atoms with Gasteiger partial charge in [0.05, 0.1) is 31.4 Å². The Labute approximate surface area is 251 Å². The number of amidine groups is 1. The van der Waals surface area contributed by atoms with Crippen LogP contribution in [0.15, 0.2) is 44.7 Å². The lowest BCUT2D eigenvalue weighted by Crippen LogP contribution is -2.40. The number of nitrogens with zero attached hydrogens (tertiary/aromatic N) is 3. The van der Waals surface area contributed by atoms with Gasteiger partial charge in [-0.25, -0.2) is 17.5 Å². The fourth-order valence-electron chi connectivity index (χ4n) is 5.71. The average Bonchev–Trinajstić information content (AvgIpc) is 3.67. The predicted molar refractivity (Wildman–Crippen MR) is 160 cm³/mol. The van der Waals surface area contributed by atoms with E-state index in [1.165, 1.54) is 32.4 Å². The maximum atomic E-state index is 15.8. The van der Waals surface area contributed by atoms with Gasteiger partial charge in [-0.2, -0.15) is 0 Å². The van der Waals surface area contributed by atoms with Gasteiger partial charge in [0, 0.05) is 29.2 Å². The topological polar surface area (TPSA) is 123 Å². The fourth-order valence-corrected chi connectivity index (χ4v) is 6.98. The number of sulfonamides is 1. The number of halogens is 1. The predicted octanol–water partition coefficient (Wildman–Crippen LogP) is 6.16. The number of benzene rings is 2. The first-order valence-electron chi connectivity index (χ1n) is 14.4. The highest BCUT2D eigenvalue weighted by Crippen LogP contribution is 2.42. The summed E-state index contributed by atoms with van der Waals surface area (Å²) in [4.78, 5) is 19.9. The number of unbranched alkanes of at least 4 members (excludes halogenated alkanes) is 1. The van der Waals surface area contributed by atoms with Gasteiger partial charge in [-0.1, -0.05) is 43.5 Å². The van der Waals surface area contributed by atoms with Crippen LogP contribution in [0.5, 0.6) is 11.5 Å². The van der Waals surface area contributed by atoms with Crippen LogP contribution in [0.1, 0.15) is 68.7 Å². The van der Waals surface area contributed by atoms with Gasteiger partial charge in [0.25, 0.3) is 15.9 Å². The molecular weight excluding hydrogens is 575 g/mol. The molecule has 1 aliphatic heterocycles. The monoisotopic (exact) mass is 612 g/mol. The molecule has 2 heterocycles. The van der Waals surface area contributed by atoms with Crippen molar-refractivity contribution in [2.45, 2.75) is 82.7 Å². The molecular formula is C31H37FN4O6S. The van der Waals surface area contributed by atoms with Gasteiger partial charge in [-0.3, -0.25) is 14.7 Å². The van der Waals surface area contributed by atoms with Crippen molar-refractivity contribution < 1.29 is 31.6 Å². The molecule has 1 N–H and O–H groups in total. The van der Waals surface area contributed by atoms with Crippen LogP contribution in [0.4, 0.5) is 10.3 Å². The number of aromatic nitrogens is 1. The molecule has 0 atom stereocenters. The first kappa shape index (κ1) is 30.5. The smallest absolute Gasteiger partial charge is 0.265 e. The van der Waals surface area contributed by atoms with Crippen molar-refractivity contribution in [2.75, 3.05) is 18.9 Å². The van der Waals surface area contributed by atoms with Crippen LogP contribution in [0.25, 0.3) is 11.1 Å². The number of anilines is 1. The highest BCUT2D eigenvalue weighted by Gasteiger charge is 2.49. The summed E-state index contributed by atoms with van der Waals surface area (Å²) in [5.74, 6) is 0.526. The summed E-state index contributed by atoms with van der Waals surface area (Å²) in [6, 6.07) is 7.30. The lowest BCUT2D eigenvalue weighted by atomic mass is 9.98. The van der Waals surface area contributed by atoms with Crippen LogP contribution < -0.4 is 14.2 Å². The summed E-state index contributed by atoms with van der Waals surface area (Å²) in [6.45, 7) is 5.52. The third-order valence-corrected chi connectivity index (χ3v) is 9.71.